The number of amides is 1. The second-order valence-electron chi connectivity index (χ2n) is 5.68. The molecule has 0 bridgehead atoms. The summed E-state index contributed by atoms with van der Waals surface area (Å²) < 4.78 is 0. The van der Waals surface area contributed by atoms with Gasteiger partial charge in [0.1, 0.15) is 5.75 Å². The van der Waals surface area contributed by atoms with Crippen molar-refractivity contribution in [2.75, 3.05) is 0 Å². The second kappa shape index (κ2) is 6.96. The maximum Gasteiger partial charge on any atom is 0.253 e. The van der Waals surface area contributed by atoms with E-state index in [2.05, 4.69) is 10.3 Å². The zero-order valence-corrected chi connectivity index (χ0v) is 13.4. The predicted octanol–water partition coefficient (Wildman–Crippen LogP) is 3.69. The van der Waals surface area contributed by atoms with Gasteiger partial charge in [-0.05, 0) is 36.2 Å². The van der Waals surface area contributed by atoms with E-state index in [1.54, 1.807) is 42.7 Å². The van der Waals surface area contributed by atoms with Crippen molar-refractivity contribution >= 4 is 5.91 Å². The molecule has 3 aromatic rings. The lowest BCUT2D eigenvalue weighted by Gasteiger charge is -2.07. The molecule has 0 unspecified atom stereocenters. The van der Waals surface area contributed by atoms with Crippen LogP contribution in [0.5, 0.6) is 5.75 Å². The summed E-state index contributed by atoms with van der Waals surface area (Å²) in [6.45, 7) is 2.51. The molecular formula is C20H18N2O2. The Bertz CT molecular complexity index is 840. The van der Waals surface area contributed by atoms with E-state index in [9.17, 15) is 9.90 Å². The average molecular weight is 318 g/mol. The lowest BCUT2D eigenvalue weighted by molar-refractivity contribution is 0.0950. The molecule has 1 heterocycles. The Morgan fingerprint density at radius 1 is 1.00 bits per heavy atom. The van der Waals surface area contributed by atoms with Crippen LogP contribution >= 0.6 is 0 Å². The number of hydrogen-bond acceptors (Lipinski definition) is 3. The van der Waals surface area contributed by atoms with E-state index in [-0.39, 0.29) is 11.7 Å². The van der Waals surface area contributed by atoms with Crippen LogP contribution < -0.4 is 5.32 Å². The van der Waals surface area contributed by atoms with Crippen LogP contribution in [0.2, 0.25) is 0 Å². The number of nitrogens with zero attached hydrogens (tertiary/aromatic N) is 1. The van der Waals surface area contributed by atoms with E-state index in [0.717, 1.165) is 16.7 Å². The Morgan fingerprint density at radius 2 is 1.71 bits per heavy atom. The van der Waals surface area contributed by atoms with E-state index >= 15 is 0 Å². The number of aromatic hydroxyl groups is 1. The molecule has 4 nitrogen and oxygen atoms in total. The quantitative estimate of drug-likeness (QED) is 0.771. The van der Waals surface area contributed by atoms with Gasteiger partial charge in [-0.15, -0.1) is 0 Å². The van der Waals surface area contributed by atoms with Crippen LogP contribution in [0.15, 0.2) is 67.0 Å². The number of rotatable bonds is 4. The number of phenolic OH excluding ortho intramolecular Hbond substituents is 1. The number of nitrogens with one attached hydrogen (secondary N) is 1. The van der Waals surface area contributed by atoms with Gasteiger partial charge < -0.3 is 10.4 Å². The van der Waals surface area contributed by atoms with Crippen LogP contribution in [0, 0.1) is 6.92 Å². The molecule has 24 heavy (non-hydrogen) atoms. The first-order chi connectivity index (χ1) is 11.6. The fourth-order valence-corrected chi connectivity index (χ4v) is 2.37. The number of carbonyl (C=O) groups is 1. The summed E-state index contributed by atoms with van der Waals surface area (Å²) >= 11 is 0. The summed E-state index contributed by atoms with van der Waals surface area (Å²) in [5.74, 6) is 0.0439. The summed E-state index contributed by atoms with van der Waals surface area (Å²) in [5.41, 5.74) is 4.48. The van der Waals surface area contributed by atoms with Crippen LogP contribution in [0.25, 0.3) is 11.1 Å². The maximum absolute atomic E-state index is 12.3. The number of pyridine rings is 1. The third-order valence-corrected chi connectivity index (χ3v) is 3.77. The van der Waals surface area contributed by atoms with E-state index in [1.807, 2.05) is 31.2 Å². The SMILES string of the molecule is Cc1ccc(CNC(=O)c2cncc(-c3ccc(O)cc3)c2)cc1. The van der Waals surface area contributed by atoms with Gasteiger partial charge in [-0.1, -0.05) is 42.0 Å². The average Bonchev–Trinajstić information content (AvgIpc) is 2.62. The molecule has 0 saturated carbocycles. The van der Waals surface area contributed by atoms with Gasteiger partial charge in [0.15, 0.2) is 0 Å². The van der Waals surface area contributed by atoms with Crippen molar-refractivity contribution in [3.8, 4) is 16.9 Å². The van der Waals surface area contributed by atoms with Gasteiger partial charge in [-0.25, -0.2) is 0 Å². The maximum atomic E-state index is 12.3. The first-order valence-corrected chi connectivity index (χ1v) is 7.70. The molecule has 0 aliphatic rings. The largest absolute Gasteiger partial charge is 0.508 e. The minimum absolute atomic E-state index is 0.163. The first kappa shape index (κ1) is 15.7. The molecule has 2 N–H and O–H groups in total. The molecular weight excluding hydrogens is 300 g/mol. The predicted molar refractivity (Wildman–Crippen MR) is 93.7 cm³/mol. The molecule has 0 aliphatic heterocycles. The fourth-order valence-electron chi connectivity index (χ4n) is 2.37. The zero-order valence-electron chi connectivity index (χ0n) is 13.4. The number of carbonyl (C=O) groups excluding carboxylic acids is 1. The number of aromatic nitrogens is 1. The topological polar surface area (TPSA) is 62.2 Å². The molecule has 4 heteroatoms. The van der Waals surface area contributed by atoms with Crippen LogP contribution in [0.3, 0.4) is 0 Å². The van der Waals surface area contributed by atoms with Crippen molar-refractivity contribution < 1.29 is 9.90 Å². The Kier molecular flexibility index (Phi) is 4.57. The monoisotopic (exact) mass is 318 g/mol. The zero-order chi connectivity index (χ0) is 16.9. The molecule has 1 aromatic heterocycles. The third kappa shape index (κ3) is 3.79. The molecule has 3 rings (SSSR count). The van der Waals surface area contributed by atoms with Gasteiger partial charge in [-0.3, -0.25) is 9.78 Å². The number of benzene rings is 2. The highest BCUT2D eigenvalue weighted by molar-refractivity contribution is 5.95. The lowest BCUT2D eigenvalue weighted by Crippen LogP contribution is -2.22. The summed E-state index contributed by atoms with van der Waals surface area (Å²) in [4.78, 5) is 16.5. The molecule has 0 fully saturated rings. The smallest absolute Gasteiger partial charge is 0.253 e. The highest BCUT2D eigenvalue weighted by Crippen LogP contribution is 2.21. The first-order valence-electron chi connectivity index (χ1n) is 7.70. The Balaban J connectivity index is 1.72. The Morgan fingerprint density at radius 3 is 2.42 bits per heavy atom. The number of hydrogen-bond donors (Lipinski definition) is 2. The highest BCUT2D eigenvalue weighted by Gasteiger charge is 2.08. The normalized spacial score (nSPS) is 10.4. The number of aryl methyl sites for hydroxylation is 1. The molecule has 1 amide bonds. The van der Waals surface area contributed by atoms with Crippen molar-refractivity contribution in [1.82, 2.24) is 10.3 Å². The van der Waals surface area contributed by atoms with Crippen LogP contribution in [0.1, 0.15) is 21.5 Å². The molecule has 0 aliphatic carbocycles. The van der Waals surface area contributed by atoms with Crippen LogP contribution in [-0.4, -0.2) is 16.0 Å². The summed E-state index contributed by atoms with van der Waals surface area (Å²) in [6, 6.07) is 16.6. The van der Waals surface area contributed by atoms with Gasteiger partial charge in [0, 0.05) is 24.5 Å². The summed E-state index contributed by atoms with van der Waals surface area (Å²) in [7, 11) is 0. The van der Waals surface area contributed by atoms with Gasteiger partial charge >= 0.3 is 0 Å². The lowest BCUT2D eigenvalue weighted by atomic mass is 10.1. The third-order valence-electron chi connectivity index (χ3n) is 3.77. The van der Waals surface area contributed by atoms with E-state index in [0.29, 0.717) is 12.1 Å². The highest BCUT2D eigenvalue weighted by atomic mass is 16.3. The molecule has 0 spiro atoms. The van der Waals surface area contributed by atoms with E-state index in [1.165, 1.54) is 5.56 Å². The molecule has 0 radical (unpaired) electrons. The van der Waals surface area contributed by atoms with Gasteiger partial charge in [0.2, 0.25) is 0 Å². The van der Waals surface area contributed by atoms with Crippen molar-refractivity contribution in [2.45, 2.75) is 13.5 Å². The molecule has 0 saturated heterocycles. The Hall–Kier alpha value is -3.14. The van der Waals surface area contributed by atoms with Crippen molar-refractivity contribution in [1.29, 1.82) is 0 Å². The van der Waals surface area contributed by atoms with Crippen molar-refractivity contribution in [3.63, 3.8) is 0 Å². The van der Waals surface area contributed by atoms with Gasteiger partial charge in [-0.2, -0.15) is 0 Å². The number of phenols is 1. The standard InChI is InChI=1S/C20H18N2O2/c1-14-2-4-15(5-3-14)11-22-20(24)18-10-17(12-21-13-18)16-6-8-19(23)9-7-16/h2-10,12-13,23H,11H2,1H3,(H,22,24). The molecule has 0 atom stereocenters. The van der Waals surface area contributed by atoms with Crippen molar-refractivity contribution in [2.24, 2.45) is 0 Å². The minimum Gasteiger partial charge on any atom is -0.508 e. The molecule has 2 aromatic carbocycles. The van der Waals surface area contributed by atoms with Crippen molar-refractivity contribution in [3.05, 3.63) is 83.7 Å². The Labute approximate surface area is 140 Å². The van der Waals surface area contributed by atoms with Crippen LogP contribution in [-0.2, 0) is 6.54 Å². The summed E-state index contributed by atoms with van der Waals surface area (Å²) in [5, 5.41) is 12.3. The van der Waals surface area contributed by atoms with Crippen LogP contribution in [0.4, 0.5) is 0 Å². The second-order valence-corrected chi connectivity index (χ2v) is 5.68. The van der Waals surface area contributed by atoms with E-state index in [4.69, 9.17) is 0 Å². The fraction of sp³-hybridized carbons (Fsp3) is 0.100. The van der Waals surface area contributed by atoms with Gasteiger partial charge in [0.05, 0.1) is 5.56 Å². The summed E-state index contributed by atoms with van der Waals surface area (Å²) in [6.07, 6.45) is 3.25. The van der Waals surface area contributed by atoms with E-state index < -0.39 is 0 Å². The van der Waals surface area contributed by atoms with Gasteiger partial charge in [0.25, 0.3) is 5.91 Å². The minimum atomic E-state index is -0.163. The molecule has 120 valence electrons.